The summed E-state index contributed by atoms with van der Waals surface area (Å²) in [6.07, 6.45) is 1.31. The molecule has 0 saturated carbocycles. The van der Waals surface area contributed by atoms with Gasteiger partial charge in [-0.25, -0.2) is 4.39 Å². The van der Waals surface area contributed by atoms with Crippen molar-refractivity contribution in [2.45, 2.75) is 25.3 Å². The molecule has 1 unspecified atom stereocenters. The molecule has 0 spiro atoms. The highest BCUT2D eigenvalue weighted by Crippen LogP contribution is 2.20. The molecule has 1 aromatic rings. The van der Waals surface area contributed by atoms with Crippen LogP contribution in [-0.2, 0) is 0 Å². The van der Waals surface area contributed by atoms with Crippen molar-refractivity contribution < 1.29 is 18.6 Å². The first-order valence-electron chi connectivity index (χ1n) is 5.89. The minimum atomic E-state index is -0.962. The van der Waals surface area contributed by atoms with Gasteiger partial charge in [-0.2, -0.15) is 4.39 Å². The summed E-state index contributed by atoms with van der Waals surface area (Å²) in [6.45, 7) is 2.17. The summed E-state index contributed by atoms with van der Waals surface area (Å²) in [5.41, 5.74) is -0.371. The number of likely N-dealkylation sites (N-methyl/N-ethyl adjacent to an activating group) is 1. The van der Waals surface area contributed by atoms with Crippen LogP contribution in [0.3, 0.4) is 0 Å². The van der Waals surface area contributed by atoms with Gasteiger partial charge in [0.25, 0.3) is 0 Å². The third kappa shape index (κ3) is 3.92. The Kier molecular flexibility index (Phi) is 5.50. The number of halogens is 2. The SMILES string of the molecule is CNC(C)(CO)CCCOc1cccc(F)c1F. The maximum atomic E-state index is 13.2. The minimum absolute atomic E-state index is 0.0117. The average Bonchev–Trinajstić information content (AvgIpc) is 2.39. The van der Waals surface area contributed by atoms with Gasteiger partial charge in [0.15, 0.2) is 11.6 Å². The van der Waals surface area contributed by atoms with Gasteiger partial charge in [-0.15, -0.1) is 0 Å². The van der Waals surface area contributed by atoms with Gasteiger partial charge in [0.1, 0.15) is 0 Å². The molecule has 0 aliphatic heterocycles. The highest BCUT2D eigenvalue weighted by Gasteiger charge is 2.20. The first-order chi connectivity index (χ1) is 8.52. The number of hydrogen-bond donors (Lipinski definition) is 2. The Morgan fingerprint density at radius 2 is 2.11 bits per heavy atom. The summed E-state index contributed by atoms with van der Waals surface area (Å²) in [4.78, 5) is 0. The second-order valence-corrected chi connectivity index (χ2v) is 4.47. The zero-order valence-electron chi connectivity index (χ0n) is 10.7. The lowest BCUT2D eigenvalue weighted by molar-refractivity contribution is 0.162. The highest BCUT2D eigenvalue weighted by molar-refractivity contribution is 5.24. The lowest BCUT2D eigenvalue weighted by Crippen LogP contribution is -2.43. The van der Waals surface area contributed by atoms with Crippen LogP contribution in [-0.4, -0.2) is 30.9 Å². The van der Waals surface area contributed by atoms with E-state index in [1.54, 1.807) is 7.05 Å². The molecule has 3 nitrogen and oxygen atoms in total. The molecule has 0 amide bonds. The average molecular weight is 259 g/mol. The molecule has 1 aromatic carbocycles. The van der Waals surface area contributed by atoms with Crippen molar-refractivity contribution in [2.24, 2.45) is 0 Å². The summed E-state index contributed by atoms with van der Waals surface area (Å²) >= 11 is 0. The second-order valence-electron chi connectivity index (χ2n) is 4.47. The predicted octanol–water partition coefficient (Wildman–Crippen LogP) is 2.09. The van der Waals surface area contributed by atoms with E-state index in [1.807, 2.05) is 6.92 Å². The lowest BCUT2D eigenvalue weighted by Gasteiger charge is -2.26. The molecule has 1 rings (SSSR count). The first kappa shape index (κ1) is 14.9. The molecule has 2 N–H and O–H groups in total. The number of ether oxygens (including phenoxy) is 1. The Hall–Kier alpha value is -1.20. The molecular weight excluding hydrogens is 240 g/mol. The molecule has 0 heterocycles. The van der Waals surface area contributed by atoms with E-state index in [-0.39, 0.29) is 24.5 Å². The van der Waals surface area contributed by atoms with E-state index in [0.29, 0.717) is 12.8 Å². The highest BCUT2D eigenvalue weighted by atomic mass is 19.2. The Morgan fingerprint density at radius 1 is 1.39 bits per heavy atom. The molecule has 0 fully saturated rings. The summed E-state index contributed by atoms with van der Waals surface area (Å²) in [6, 6.07) is 3.84. The zero-order valence-corrected chi connectivity index (χ0v) is 10.7. The Morgan fingerprint density at radius 3 is 2.72 bits per heavy atom. The monoisotopic (exact) mass is 259 g/mol. The summed E-state index contributed by atoms with van der Waals surface area (Å²) in [5.74, 6) is -1.95. The molecule has 0 radical (unpaired) electrons. The number of benzene rings is 1. The fourth-order valence-electron chi connectivity index (χ4n) is 1.52. The smallest absolute Gasteiger partial charge is 0.200 e. The third-order valence-electron chi connectivity index (χ3n) is 3.00. The van der Waals surface area contributed by atoms with Crippen LogP contribution in [0.5, 0.6) is 5.75 Å². The number of rotatable bonds is 7. The largest absolute Gasteiger partial charge is 0.490 e. The molecular formula is C13H19F2NO2. The van der Waals surface area contributed by atoms with Gasteiger partial charge < -0.3 is 15.2 Å². The lowest BCUT2D eigenvalue weighted by atomic mass is 9.97. The van der Waals surface area contributed by atoms with Crippen LogP contribution in [0, 0.1) is 11.6 Å². The fourth-order valence-corrected chi connectivity index (χ4v) is 1.52. The van der Waals surface area contributed by atoms with Gasteiger partial charge in [0.05, 0.1) is 13.2 Å². The standard InChI is InChI=1S/C13H19F2NO2/c1-13(9-17,16-2)7-4-8-18-11-6-3-5-10(14)12(11)15/h3,5-6,16-17H,4,7-9H2,1-2H3. The topological polar surface area (TPSA) is 41.5 Å². The number of hydrogen-bond acceptors (Lipinski definition) is 3. The van der Waals surface area contributed by atoms with Crippen LogP contribution in [0.4, 0.5) is 8.78 Å². The van der Waals surface area contributed by atoms with Crippen molar-refractivity contribution in [3.63, 3.8) is 0 Å². The van der Waals surface area contributed by atoms with Crippen LogP contribution in [0.25, 0.3) is 0 Å². The van der Waals surface area contributed by atoms with Crippen molar-refractivity contribution in [3.05, 3.63) is 29.8 Å². The van der Waals surface area contributed by atoms with E-state index in [0.717, 1.165) is 6.07 Å². The molecule has 0 bridgehead atoms. The van der Waals surface area contributed by atoms with E-state index in [1.165, 1.54) is 12.1 Å². The number of aliphatic hydroxyl groups is 1. The van der Waals surface area contributed by atoms with Crippen LogP contribution in [0.2, 0.25) is 0 Å². The van der Waals surface area contributed by atoms with Crippen molar-refractivity contribution >= 4 is 0 Å². The zero-order chi connectivity index (χ0) is 13.6. The van der Waals surface area contributed by atoms with E-state index >= 15 is 0 Å². The summed E-state index contributed by atoms with van der Waals surface area (Å²) in [7, 11) is 1.77. The predicted molar refractivity (Wildman–Crippen MR) is 65.6 cm³/mol. The van der Waals surface area contributed by atoms with Gasteiger partial charge in [-0.05, 0) is 38.9 Å². The van der Waals surface area contributed by atoms with E-state index in [9.17, 15) is 8.78 Å². The quantitative estimate of drug-likeness (QED) is 0.737. The molecule has 5 heteroatoms. The second kappa shape index (κ2) is 6.66. The molecule has 0 saturated heterocycles. The maximum absolute atomic E-state index is 13.2. The van der Waals surface area contributed by atoms with E-state index < -0.39 is 11.6 Å². The normalized spacial score (nSPS) is 14.3. The molecule has 18 heavy (non-hydrogen) atoms. The van der Waals surface area contributed by atoms with Crippen LogP contribution < -0.4 is 10.1 Å². The molecule has 102 valence electrons. The van der Waals surface area contributed by atoms with Crippen molar-refractivity contribution in [3.8, 4) is 5.75 Å². The molecule has 1 atom stereocenters. The van der Waals surface area contributed by atoms with Gasteiger partial charge >= 0.3 is 0 Å². The molecule has 0 aromatic heterocycles. The Balaban J connectivity index is 2.41. The van der Waals surface area contributed by atoms with Crippen molar-refractivity contribution in [1.82, 2.24) is 5.32 Å². The summed E-state index contributed by atoms with van der Waals surface area (Å²) in [5, 5.41) is 12.2. The van der Waals surface area contributed by atoms with E-state index in [4.69, 9.17) is 9.84 Å². The van der Waals surface area contributed by atoms with Gasteiger partial charge in [0, 0.05) is 5.54 Å². The van der Waals surface area contributed by atoms with Crippen molar-refractivity contribution in [2.75, 3.05) is 20.3 Å². The van der Waals surface area contributed by atoms with Crippen LogP contribution in [0.1, 0.15) is 19.8 Å². The number of nitrogens with one attached hydrogen (secondary N) is 1. The van der Waals surface area contributed by atoms with Crippen LogP contribution >= 0.6 is 0 Å². The molecule has 0 aliphatic rings. The Labute approximate surface area is 106 Å². The third-order valence-corrected chi connectivity index (χ3v) is 3.00. The van der Waals surface area contributed by atoms with Crippen molar-refractivity contribution in [1.29, 1.82) is 0 Å². The van der Waals surface area contributed by atoms with Gasteiger partial charge in [-0.3, -0.25) is 0 Å². The van der Waals surface area contributed by atoms with Crippen LogP contribution in [0.15, 0.2) is 18.2 Å². The molecule has 0 aliphatic carbocycles. The first-order valence-corrected chi connectivity index (χ1v) is 5.89. The number of aliphatic hydroxyl groups excluding tert-OH is 1. The van der Waals surface area contributed by atoms with Gasteiger partial charge in [0.2, 0.25) is 5.82 Å². The van der Waals surface area contributed by atoms with Gasteiger partial charge in [-0.1, -0.05) is 6.07 Å². The van der Waals surface area contributed by atoms with E-state index in [2.05, 4.69) is 5.32 Å². The minimum Gasteiger partial charge on any atom is -0.490 e. The fraction of sp³-hybridized carbons (Fsp3) is 0.538. The summed E-state index contributed by atoms with van der Waals surface area (Å²) < 4.78 is 31.3. The Bertz CT molecular complexity index is 381. The maximum Gasteiger partial charge on any atom is 0.200 e.